The monoisotopic (exact) mass is 386 g/mol. The zero-order valence-corrected chi connectivity index (χ0v) is 15.0. The fourth-order valence-corrected chi connectivity index (χ4v) is 2.67. The Kier molecular flexibility index (Phi) is 5.35. The maximum absolute atomic E-state index is 12.6. The molecule has 4 nitrogen and oxygen atoms in total. The van der Waals surface area contributed by atoms with Gasteiger partial charge in [0.1, 0.15) is 5.56 Å². The molecule has 0 aliphatic rings. The maximum atomic E-state index is 12.6. The summed E-state index contributed by atoms with van der Waals surface area (Å²) < 4.78 is 39.3. The summed E-state index contributed by atoms with van der Waals surface area (Å²) in [5.74, 6) is -0.678. The molecular weight excluding hydrogens is 369 g/mol. The summed E-state index contributed by atoms with van der Waals surface area (Å²) in [6.07, 6.45) is -2.87. The van der Waals surface area contributed by atoms with Gasteiger partial charge in [0, 0.05) is 11.9 Å². The number of aryl methyl sites for hydroxylation is 1. The number of benzene rings is 2. The molecule has 28 heavy (non-hydrogen) atoms. The standard InChI is InChI=1S/C21H17F3N2O2/c1-14-4-6-15(7-5-14)13-26-12-2-3-18(20(26)28)19(27)25-17-10-8-16(9-11-17)21(22,23)24/h2-12H,13H2,1H3,(H,25,27). The summed E-state index contributed by atoms with van der Waals surface area (Å²) in [5, 5.41) is 2.46. The molecule has 3 rings (SSSR count). The van der Waals surface area contributed by atoms with Gasteiger partial charge in [0.05, 0.1) is 12.1 Å². The molecule has 1 heterocycles. The van der Waals surface area contributed by atoms with E-state index in [9.17, 15) is 22.8 Å². The highest BCUT2D eigenvalue weighted by Crippen LogP contribution is 2.29. The topological polar surface area (TPSA) is 51.1 Å². The Labute approximate surface area is 159 Å². The summed E-state index contributed by atoms with van der Waals surface area (Å²) in [5.41, 5.74) is 0.799. The molecule has 0 unspecified atom stereocenters. The molecule has 1 aromatic heterocycles. The van der Waals surface area contributed by atoms with Gasteiger partial charge in [-0.25, -0.2) is 0 Å². The van der Waals surface area contributed by atoms with E-state index in [-0.39, 0.29) is 11.3 Å². The Morgan fingerprint density at radius 1 is 1.00 bits per heavy atom. The number of alkyl halides is 3. The first-order valence-corrected chi connectivity index (χ1v) is 8.47. The Hall–Kier alpha value is -3.35. The SMILES string of the molecule is Cc1ccc(Cn2cccc(C(=O)Nc3ccc(C(F)(F)F)cc3)c2=O)cc1. The van der Waals surface area contributed by atoms with Gasteiger partial charge >= 0.3 is 6.18 Å². The van der Waals surface area contributed by atoms with Gasteiger partial charge in [0.2, 0.25) is 0 Å². The van der Waals surface area contributed by atoms with Crippen molar-refractivity contribution in [2.45, 2.75) is 19.6 Å². The van der Waals surface area contributed by atoms with Crippen LogP contribution >= 0.6 is 0 Å². The quantitative estimate of drug-likeness (QED) is 0.719. The largest absolute Gasteiger partial charge is 0.416 e. The van der Waals surface area contributed by atoms with Crippen LogP contribution in [0, 0.1) is 6.92 Å². The lowest BCUT2D eigenvalue weighted by molar-refractivity contribution is -0.137. The first-order valence-electron chi connectivity index (χ1n) is 8.47. The van der Waals surface area contributed by atoms with E-state index in [2.05, 4.69) is 5.32 Å². The van der Waals surface area contributed by atoms with Crippen molar-refractivity contribution in [3.05, 3.63) is 99.5 Å². The molecule has 0 bridgehead atoms. The second-order valence-electron chi connectivity index (χ2n) is 6.37. The third kappa shape index (κ3) is 4.49. The number of hydrogen-bond acceptors (Lipinski definition) is 2. The number of rotatable bonds is 4. The van der Waals surface area contributed by atoms with Gasteiger partial charge in [-0.05, 0) is 48.9 Å². The molecule has 3 aromatic rings. The first kappa shape index (κ1) is 19.4. The van der Waals surface area contributed by atoms with Crippen molar-refractivity contribution in [3.63, 3.8) is 0 Å². The van der Waals surface area contributed by atoms with E-state index >= 15 is 0 Å². The highest BCUT2D eigenvalue weighted by atomic mass is 19.4. The Balaban J connectivity index is 1.78. The number of pyridine rings is 1. The number of nitrogens with one attached hydrogen (secondary N) is 1. The maximum Gasteiger partial charge on any atom is 0.416 e. The predicted molar refractivity (Wildman–Crippen MR) is 100 cm³/mol. The van der Waals surface area contributed by atoms with Gasteiger partial charge in [0.15, 0.2) is 0 Å². The fourth-order valence-electron chi connectivity index (χ4n) is 2.67. The number of halogens is 3. The van der Waals surface area contributed by atoms with Crippen molar-refractivity contribution in [2.75, 3.05) is 5.32 Å². The summed E-state index contributed by atoms with van der Waals surface area (Å²) in [4.78, 5) is 25.0. The molecule has 0 atom stereocenters. The molecule has 0 radical (unpaired) electrons. The van der Waals surface area contributed by atoms with Crippen molar-refractivity contribution in [1.29, 1.82) is 0 Å². The van der Waals surface area contributed by atoms with E-state index in [4.69, 9.17) is 0 Å². The molecule has 0 aliphatic heterocycles. The van der Waals surface area contributed by atoms with Crippen molar-refractivity contribution in [3.8, 4) is 0 Å². The smallest absolute Gasteiger partial charge is 0.322 e. The van der Waals surface area contributed by atoms with Crippen LogP contribution in [-0.4, -0.2) is 10.5 Å². The average molecular weight is 386 g/mol. The Morgan fingerprint density at radius 3 is 2.25 bits per heavy atom. The minimum Gasteiger partial charge on any atom is -0.322 e. The van der Waals surface area contributed by atoms with Gasteiger partial charge in [-0.3, -0.25) is 9.59 Å². The Morgan fingerprint density at radius 2 is 1.64 bits per heavy atom. The fraction of sp³-hybridized carbons (Fsp3) is 0.143. The van der Waals surface area contributed by atoms with Crippen molar-refractivity contribution in [1.82, 2.24) is 4.57 Å². The van der Waals surface area contributed by atoms with Crippen molar-refractivity contribution < 1.29 is 18.0 Å². The Bertz CT molecular complexity index is 1040. The molecule has 0 fully saturated rings. The number of carbonyl (C=O) groups is 1. The minimum atomic E-state index is -4.45. The number of carbonyl (C=O) groups excluding carboxylic acids is 1. The molecule has 144 valence electrons. The summed E-state index contributed by atoms with van der Waals surface area (Å²) >= 11 is 0. The molecule has 0 saturated heterocycles. The molecule has 0 saturated carbocycles. The van der Waals surface area contributed by atoms with E-state index in [1.807, 2.05) is 31.2 Å². The van der Waals surface area contributed by atoms with Crippen LogP contribution in [0.4, 0.5) is 18.9 Å². The van der Waals surface area contributed by atoms with Gasteiger partial charge in [-0.2, -0.15) is 13.2 Å². The zero-order chi connectivity index (χ0) is 20.3. The van der Waals surface area contributed by atoms with Gasteiger partial charge < -0.3 is 9.88 Å². The number of amides is 1. The van der Waals surface area contributed by atoms with Crippen molar-refractivity contribution >= 4 is 11.6 Å². The lowest BCUT2D eigenvalue weighted by Crippen LogP contribution is -2.29. The molecular formula is C21H17F3N2O2. The van der Waals surface area contributed by atoms with Crippen LogP contribution in [-0.2, 0) is 12.7 Å². The molecule has 2 aromatic carbocycles. The summed E-state index contributed by atoms with van der Waals surface area (Å²) in [7, 11) is 0. The second-order valence-corrected chi connectivity index (χ2v) is 6.37. The van der Waals surface area contributed by atoms with Crippen LogP contribution in [0.5, 0.6) is 0 Å². The van der Waals surface area contributed by atoms with E-state index < -0.39 is 23.2 Å². The highest BCUT2D eigenvalue weighted by Gasteiger charge is 2.30. The summed E-state index contributed by atoms with van der Waals surface area (Å²) in [6.45, 7) is 2.27. The van der Waals surface area contributed by atoms with Crippen molar-refractivity contribution in [2.24, 2.45) is 0 Å². The van der Waals surface area contributed by atoms with Gasteiger partial charge in [0.25, 0.3) is 11.5 Å². The first-order chi connectivity index (χ1) is 13.2. The predicted octanol–water partition coefficient (Wildman–Crippen LogP) is 4.48. The molecule has 1 N–H and O–H groups in total. The van der Waals surface area contributed by atoms with Gasteiger partial charge in [-0.15, -0.1) is 0 Å². The van der Waals surface area contributed by atoms with Crippen LogP contribution in [0.3, 0.4) is 0 Å². The van der Waals surface area contributed by atoms with Crippen LogP contribution in [0.2, 0.25) is 0 Å². The van der Waals surface area contributed by atoms with E-state index in [0.717, 1.165) is 35.4 Å². The normalized spacial score (nSPS) is 11.3. The second kappa shape index (κ2) is 7.72. The number of anilines is 1. The zero-order valence-electron chi connectivity index (χ0n) is 15.0. The molecule has 1 amide bonds. The molecule has 0 spiro atoms. The lowest BCUT2D eigenvalue weighted by atomic mass is 10.1. The third-order valence-corrected chi connectivity index (χ3v) is 4.21. The van der Waals surface area contributed by atoms with E-state index in [1.165, 1.54) is 10.6 Å². The van der Waals surface area contributed by atoms with Gasteiger partial charge in [-0.1, -0.05) is 29.8 Å². The number of aromatic nitrogens is 1. The molecule has 7 heteroatoms. The van der Waals surface area contributed by atoms with E-state index in [1.54, 1.807) is 12.3 Å². The van der Waals surface area contributed by atoms with Crippen LogP contribution in [0.25, 0.3) is 0 Å². The molecule has 0 aliphatic carbocycles. The third-order valence-electron chi connectivity index (χ3n) is 4.21. The minimum absolute atomic E-state index is 0.0884. The van der Waals surface area contributed by atoms with E-state index in [0.29, 0.717) is 6.54 Å². The van der Waals surface area contributed by atoms with Crippen LogP contribution < -0.4 is 10.9 Å². The lowest BCUT2D eigenvalue weighted by Gasteiger charge is -2.10. The number of hydrogen-bond donors (Lipinski definition) is 1. The number of nitrogens with zero attached hydrogens (tertiary/aromatic N) is 1. The summed E-state index contributed by atoms with van der Waals surface area (Å²) in [6, 6.07) is 14.7. The van der Waals surface area contributed by atoms with Crippen LogP contribution in [0.15, 0.2) is 71.7 Å². The highest BCUT2D eigenvalue weighted by molar-refractivity contribution is 6.03. The average Bonchev–Trinajstić information content (AvgIpc) is 2.65. The van der Waals surface area contributed by atoms with Crippen LogP contribution in [0.1, 0.15) is 27.0 Å².